The molecule has 0 amide bonds. The molecule has 0 aromatic carbocycles. The predicted molar refractivity (Wildman–Crippen MR) is 50.4 cm³/mol. The Bertz CT molecular complexity index is 433. The van der Waals surface area contributed by atoms with Crippen molar-refractivity contribution >= 4 is 0 Å². The third kappa shape index (κ3) is 0.999. The zero-order chi connectivity index (χ0) is 9.54. The van der Waals surface area contributed by atoms with Crippen molar-refractivity contribution in [3.05, 3.63) is 24.2 Å². The van der Waals surface area contributed by atoms with E-state index in [2.05, 4.69) is 9.97 Å². The zero-order valence-electron chi connectivity index (χ0n) is 7.72. The second-order valence-electron chi connectivity index (χ2n) is 3.77. The topological polar surface area (TPSA) is 50.9 Å². The Labute approximate surface area is 81.5 Å². The quantitative estimate of drug-likeness (QED) is 0.697. The van der Waals surface area contributed by atoms with Crippen molar-refractivity contribution in [1.29, 1.82) is 0 Å². The van der Waals surface area contributed by atoms with Crippen LogP contribution in [-0.4, -0.2) is 19.9 Å². The summed E-state index contributed by atoms with van der Waals surface area (Å²) >= 11 is 0. The maximum atomic E-state index is 9.47. The Balaban J connectivity index is 2.11. The highest BCUT2D eigenvalue weighted by Crippen LogP contribution is 2.36. The van der Waals surface area contributed by atoms with Gasteiger partial charge in [-0.1, -0.05) is 6.42 Å². The van der Waals surface area contributed by atoms with Gasteiger partial charge in [0, 0.05) is 12.1 Å². The Morgan fingerprint density at radius 2 is 2.21 bits per heavy atom. The van der Waals surface area contributed by atoms with Gasteiger partial charge < -0.3 is 5.21 Å². The van der Waals surface area contributed by atoms with Gasteiger partial charge in [0.05, 0.1) is 0 Å². The summed E-state index contributed by atoms with van der Waals surface area (Å²) in [5, 5.41) is 9.47. The smallest absolute Gasteiger partial charge is 0.195 e. The van der Waals surface area contributed by atoms with Gasteiger partial charge in [0.25, 0.3) is 0 Å². The molecule has 1 aliphatic carbocycles. The number of imidazole rings is 1. The van der Waals surface area contributed by atoms with Crippen molar-refractivity contribution in [3.63, 3.8) is 0 Å². The van der Waals surface area contributed by atoms with Crippen molar-refractivity contribution in [2.45, 2.75) is 25.2 Å². The Morgan fingerprint density at radius 3 is 2.86 bits per heavy atom. The largest absolute Gasteiger partial charge is 0.427 e. The summed E-state index contributed by atoms with van der Waals surface area (Å²) in [6.07, 6.45) is 5.21. The summed E-state index contributed by atoms with van der Waals surface area (Å²) in [7, 11) is 0. The van der Waals surface area contributed by atoms with E-state index in [0.717, 1.165) is 16.2 Å². The minimum atomic E-state index is 0.516. The minimum Gasteiger partial charge on any atom is -0.427 e. The Kier molecular flexibility index (Phi) is 1.50. The zero-order valence-corrected chi connectivity index (χ0v) is 7.72. The van der Waals surface area contributed by atoms with E-state index >= 15 is 0 Å². The summed E-state index contributed by atoms with van der Waals surface area (Å²) < 4.78 is 1.03. The maximum Gasteiger partial charge on any atom is 0.195 e. The van der Waals surface area contributed by atoms with Crippen molar-refractivity contribution in [1.82, 2.24) is 14.7 Å². The first-order valence-corrected chi connectivity index (χ1v) is 4.89. The molecule has 3 aliphatic rings. The monoisotopic (exact) mass is 189 g/mol. The lowest BCUT2D eigenvalue weighted by molar-refractivity contribution is 0.186. The number of fused-ring (bicyclic) bond motifs is 1. The van der Waals surface area contributed by atoms with Gasteiger partial charge in [-0.3, -0.25) is 0 Å². The average Bonchev–Trinajstić information content (AvgIpc) is 2.46. The fourth-order valence-electron chi connectivity index (χ4n) is 1.78. The van der Waals surface area contributed by atoms with Crippen molar-refractivity contribution in [2.75, 3.05) is 0 Å². The molecule has 4 nitrogen and oxygen atoms in total. The van der Waals surface area contributed by atoms with Crippen LogP contribution < -0.4 is 0 Å². The molecule has 1 fully saturated rings. The number of nitrogens with zero attached hydrogens (tertiary/aromatic N) is 3. The van der Waals surface area contributed by atoms with Crippen LogP contribution in [0.1, 0.15) is 31.0 Å². The third-order valence-corrected chi connectivity index (χ3v) is 2.85. The summed E-state index contributed by atoms with van der Waals surface area (Å²) in [5.74, 6) is 1.97. The SMILES string of the molecule is On1cccc2nc(C3CCC3)nc1-2. The Morgan fingerprint density at radius 1 is 1.36 bits per heavy atom. The second kappa shape index (κ2) is 2.70. The molecule has 1 saturated carbocycles. The van der Waals surface area contributed by atoms with E-state index < -0.39 is 0 Å². The second-order valence-corrected chi connectivity index (χ2v) is 3.77. The van der Waals surface area contributed by atoms with Gasteiger partial charge in [0.15, 0.2) is 5.82 Å². The molecule has 0 spiro atoms. The van der Waals surface area contributed by atoms with Crippen LogP contribution in [0.2, 0.25) is 0 Å². The van der Waals surface area contributed by atoms with Crippen LogP contribution in [0.3, 0.4) is 0 Å². The third-order valence-electron chi connectivity index (χ3n) is 2.85. The fourth-order valence-corrected chi connectivity index (χ4v) is 1.78. The van der Waals surface area contributed by atoms with Crippen molar-refractivity contribution in [3.8, 4) is 11.5 Å². The van der Waals surface area contributed by atoms with Gasteiger partial charge in [-0.15, -0.1) is 0 Å². The summed E-state index contributed by atoms with van der Waals surface area (Å²) in [5.41, 5.74) is 0.775. The molecule has 0 atom stereocenters. The van der Waals surface area contributed by atoms with E-state index in [1.807, 2.05) is 6.07 Å². The van der Waals surface area contributed by atoms with E-state index in [1.54, 1.807) is 12.3 Å². The van der Waals surface area contributed by atoms with Crippen molar-refractivity contribution < 1.29 is 5.21 Å². The molecule has 0 unspecified atom stereocenters. The molecular weight excluding hydrogens is 178 g/mol. The fraction of sp³-hybridized carbons (Fsp3) is 0.400. The molecule has 4 heteroatoms. The number of aromatic nitrogens is 3. The van der Waals surface area contributed by atoms with Gasteiger partial charge in [-0.2, -0.15) is 4.73 Å². The lowest BCUT2D eigenvalue weighted by atomic mass is 9.85. The maximum absolute atomic E-state index is 9.47. The van der Waals surface area contributed by atoms with Crippen LogP contribution in [0.5, 0.6) is 0 Å². The molecule has 2 aliphatic heterocycles. The highest BCUT2D eigenvalue weighted by atomic mass is 16.5. The van der Waals surface area contributed by atoms with Gasteiger partial charge in [-0.25, -0.2) is 9.97 Å². The average molecular weight is 189 g/mol. The Hall–Kier alpha value is -1.58. The van der Waals surface area contributed by atoms with Gasteiger partial charge in [0.2, 0.25) is 0 Å². The van der Waals surface area contributed by atoms with Crippen LogP contribution in [0.15, 0.2) is 18.3 Å². The summed E-state index contributed by atoms with van der Waals surface area (Å²) in [6.45, 7) is 0. The number of pyridine rings is 1. The molecule has 72 valence electrons. The lowest BCUT2D eigenvalue weighted by Crippen LogP contribution is -2.10. The first kappa shape index (κ1) is 7.79. The summed E-state index contributed by atoms with van der Waals surface area (Å²) in [6, 6.07) is 3.64. The molecule has 0 bridgehead atoms. The molecule has 14 heavy (non-hydrogen) atoms. The standard InChI is InChI=1S/C10H11N3O/c14-13-6-2-5-8-10(13)12-9(11-8)7-3-1-4-7/h2,5-7,14H,1,3-4H2. The van der Waals surface area contributed by atoms with Gasteiger partial charge in [0.1, 0.15) is 11.5 Å². The highest BCUT2D eigenvalue weighted by Gasteiger charge is 2.25. The first-order valence-electron chi connectivity index (χ1n) is 4.89. The van der Waals surface area contributed by atoms with E-state index in [4.69, 9.17) is 0 Å². The summed E-state index contributed by atoms with van der Waals surface area (Å²) in [4.78, 5) is 8.74. The first-order chi connectivity index (χ1) is 6.84. The molecule has 2 heterocycles. The minimum absolute atomic E-state index is 0.516. The van der Waals surface area contributed by atoms with Gasteiger partial charge in [-0.05, 0) is 25.0 Å². The van der Waals surface area contributed by atoms with Crippen LogP contribution >= 0.6 is 0 Å². The molecular formula is C10H11N3O. The molecule has 0 aromatic heterocycles. The van der Waals surface area contributed by atoms with Crippen molar-refractivity contribution in [2.24, 2.45) is 0 Å². The number of hydrogen-bond donors (Lipinski definition) is 1. The van der Waals surface area contributed by atoms with E-state index in [-0.39, 0.29) is 0 Å². The normalized spacial score (nSPS) is 17.1. The van der Waals surface area contributed by atoms with E-state index in [1.165, 1.54) is 19.3 Å². The van der Waals surface area contributed by atoms with E-state index in [0.29, 0.717) is 11.7 Å². The van der Waals surface area contributed by atoms with E-state index in [9.17, 15) is 5.21 Å². The number of hydrogen-bond acceptors (Lipinski definition) is 3. The molecule has 0 saturated heterocycles. The van der Waals surface area contributed by atoms with Crippen LogP contribution in [0, 0.1) is 0 Å². The molecule has 0 aromatic rings. The molecule has 0 radical (unpaired) electrons. The van der Waals surface area contributed by atoms with Crippen LogP contribution in [0.25, 0.3) is 11.5 Å². The highest BCUT2D eigenvalue weighted by molar-refractivity contribution is 5.51. The van der Waals surface area contributed by atoms with Crippen LogP contribution in [-0.2, 0) is 0 Å². The number of rotatable bonds is 1. The molecule has 3 rings (SSSR count). The molecule has 1 N–H and O–H groups in total. The lowest BCUT2D eigenvalue weighted by Gasteiger charge is -2.21. The van der Waals surface area contributed by atoms with Crippen LogP contribution in [0.4, 0.5) is 0 Å². The van der Waals surface area contributed by atoms with Gasteiger partial charge >= 0.3 is 0 Å². The predicted octanol–water partition coefficient (Wildman–Crippen LogP) is 1.89.